The van der Waals surface area contributed by atoms with Crippen LogP contribution in [0.2, 0.25) is 0 Å². The lowest BCUT2D eigenvalue weighted by atomic mass is 10.3. The van der Waals surface area contributed by atoms with Crippen LogP contribution in [-0.4, -0.2) is 7.04 Å². The predicted molar refractivity (Wildman–Crippen MR) is 37.4 cm³/mol. The fraction of sp³-hybridized carbons (Fsp3) is 0.143. The molecule has 2 heteroatoms. The summed E-state index contributed by atoms with van der Waals surface area (Å²) in [6, 6.07) is 4.15. The van der Waals surface area contributed by atoms with Crippen molar-refractivity contribution in [2.24, 2.45) is 0 Å². The van der Waals surface area contributed by atoms with E-state index >= 15 is 0 Å². The molecule has 48 valence electrons. The molecule has 2 nitrogen and oxygen atoms in total. The molecule has 0 aliphatic heterocycles. The van der Waals surface area contributed by atoms with Gasteiger partial charge in [-0.3, -0.25) is 0 Å². The molecule has 0 aliphatic carbocycles. The van der Waals surface area contributed by atoms with Crippen molar-refractivity contribution in [2.75, 3.05) is 12.8 Å². The summed E-state index contributed by atoms with van der Waals surface area (Å²) in [5.41, 5.74) is 5.78. The quantitative estimate of drug-likeness (QED) is 0.577. The molecule has 1 rings (SSSR count). The molecule has 0 amide bonds. The number of rotatable bonds is 1. The van der Waals surface area contributed by atoms with Crippen LogP contribution in [0.3, 0.4) is 0 Å². The molecule has 0 fully saturated rings. The third-order valence-corrected chi connectivity index (χ3v) is 0.918. The smallest absolute Gasteiger partial charge is 0.119 e. The molecule has 0 radical (unpaired) electrons. The first-order chi connectivity index (χ1) is 5.88. The Morgan fingerprint density at radius 3 is 3.22 bits per heavy atom. The van der Waals surface area contributed by atoms with Crippen LogP contribution in [0.4, 0.5) is 5.69 Å². The van der Waals surface area contributed by atoms with Gasteiger partial charge in [-0.05, 0) is 24.2 Å². The largest absolute Gasteiger partial charge is 0.497 e. The molecule has 0 heterocycles. The summed E-state index contributed by atoms with van der Waals surface area (Å²) in [6.45, 7) is 0. The van der Waals surface area contributed by atoms with Crippen LogP contribution in [-0.2, 0) is 0 Å². The Hall–Kier alpha value is -1.18. The van der Waals surface area contributed by atoms with Crippen molar-refractivity contribution in [3.63, 3.8) is 0 Å². The first-order valence-electron chi connectivity index (χ1n) is 4.43. The number of hydrogen-bond donors (Lipinski definition) is 1. The van der Waals surface area contributed by atoms with Crippen molar-refractivity contribution in [1.82, 2.24) is 0 Å². The van der Waals surface area contributed by atoms with Crippen LogP contribution in [0.5, 0.6) is 5.75 Å². The van der Waals surface area contributed by atoms with Gasteiger partial charge < -0.3 is 10.5 Å². The number of ether oxygens (including phenoxy) is 1. The summed E-state index contributed by atoms with van der Waals surface area (Å²) in [6.07, 6.45) is 0. The standard InChI is InChI=1S/C7H9NO/c1-9-7-4-2-6(8)3-5-7/h2-5H,8H2,1H3/i1D3,4D. The van der Waals surface area contributed by atoms with Crippen LogP contribution >= 0.6 is 0 Å². The second-order valence-corrected chi connectivity index (χ2v) is 1.59. The number of hydrogen-bond acceptors (Lipinski definition) is 2. The molecule has 0 saturated carbocycles. The molecular weight excluding hydrogens is 114 g/mol. The SMILES string of the molecule is [2H]c1cc(N)ccc1OC([2H])([2H])[2H]. The Morgan fingerprint density at radius 2 is 2.56 bits per heavy atom. The average molecular weight is 127 g/mol. The van der Waals surface area contributed by atoms with Crippen LogP contribution < -0.4 is 10.5 Å². The maximum Gasteiger partial charge on any atom is 0.119 e. The van der Waals surface area contributed by atoms with E-state index in [1.54, 1.807) is 0 Å². The summed E-state index contributed by atoms with van der Waals surface area (Å²) in [7, 11) is -2.52. The first kappa shape index (κ1) is 2.60. The number of nitrogen functional groups attached to an aromatic ring is 1. The van der Waals surface area contributed by atoms with E-state index in [9.17, 15) is 0 Å². The number of methoxy groups -OCH3 is 1. The van der Waals surface area contributed by atoms with Crippen molar-refractivity contribution in [2.45, 2.75) is 0 Å². The van der Waals surface area contributed by atoms with E-state index in [1.165, 1.54) is 18.2 Å². The zero-order valence-electron chi connectivity index (χ0n) is 8.72. The highest BCUT2D eigenvalue weighted by Crippen LogP contribution is 2.11. The predicted octanol–water partition coefficient (Wildman–Crippen LogP) is 1.28. The molecule has 0 atom stereocenters. The summed E-state index contributed by atoms with van der Waals surface area (Å²) < 4.78 is 32.3. The Morgan fingerprint density at radius 1 is 1.67 bits per heavy atom. The van der Waals surface area contributed by atoms with Gasteiger partial charge in [-0.2, -0.15) is 0 Å². The molecule has 0 unspecified atom stereocenters. The normalized spacial score (nSPS) is 16.9. The fourth-order valence-corrected chi connectivity index (χ4v) is 0.486. The lowest BCUT2D eigenvalue weighted by Gasteiger charge is -1.97. The molecular formula is C7H9NO. The number of nitrogens with two attached hydrogens (primary N) is 1. The monoisotopic (exact) mass is 127 g/mol. The second-order valence-electron chi connectivity index (χ2n) is 1.59. The van der Waals surface area contributed by atoms with E-state index in [2.05, 4.69) is 4.74 Å². The van der Waals surface area contributed by atoms with Crippen LogP contribution in [0, 0.1) is 0 Å². The third-order valence-electron chi connectivity index (χ3n) is 0.918. The van der Waals surface area contributed by atoms with Gasteiger partial charge in [0.05, 0.1) is 12.5 Å². The van der Waals surface area contributed by atoms with Crippen LogP contribution in [0.1, 0.15) is 5.48 Å². The van der Waals surface area contributed by atoms with E-state index in [4.69, 9.17) is 11.2 Å². The van der Waals surface area contributed by atoms with Gasteiger partial charge in [0.15, 0.2) is 0 Å². The molecule has 0 aliphatic rings. The maximum absolute atomic E-state index is 7.34. The lowest BCUT2D eigenvalue weighted by Crippen LogP contribution is -1.84. The van der Waals surface area contributed by atoms with Crippen molar-refractivity contribution in [3.8, 4) is 5.75 Å². The number of benzene rings is 1. The first-order valence-corrected chi connectivity index (χ1v) is 2.43. The highest BCUT2D eigenvalue weighted by molar-refractivity contribution is 5.41. The minimum absolute atomic E-state index is 0.00852. The van der Waals surface area contributed by atoms with Gasteiger partial charge in [0.1, 0.15) is 5.75 Å². The van der Waals surface area contributed by atoms with Gasteiger partial charge in [-0.1, -0.05) is 0 Å². The van der Waals surface area contributed by atoms with E-state index in [0.29, 0.717) is 5.69 Å². The van der Waals surface area contributed by atoms with Gasteiger partial charge >= 0.3 is 0 Å². The van der Waals surface area contributed by atoms with Crippen molar-refractivity contribution < 1.29 is 10.2 Å². The molecule has 0 bridgehead atoms. The maximum atomic E-state index is 7.34. The van der Waals surface area contributed by atoms with E-state index in [1.807, 2.05) is 0 Å². The highest BCUT2D eigenvalue weighted by Gasteiger charge is 1.85. The Labute approximate surface area is 59.9 Å². The van der Waals surface area contributed by atoms with Gasteiger partial charge in [-0.15, -0.1) is 0 Å². The van der Waals surface area contributed by atoms with E-state index in [-0.39, 0.29) is 11.8 Å². The summed E-state index contributed by atoms with van der Waals surface area (Å²) >= 11 is 0. The molecule has 1 aromatic carbocycles. The van der Waals surface area contributed by atoms with Gasteiger partial charge in [0, 0.05) is 5.69 Å². The van der Waals surface area contributed by atoms with Crippen molar-refractivity contribution in [1.29, 1.82) is 0 Å². The molecule has 0 aromatic heterocycles. The van der Waals surface area contributed by atoms with Crippen molar-refractivity contribution in [3.05, 3.63) is 24.2 Å². The van der Waals surface area contributed by atoms with Crippen LogP contribution in [0.15, 0.2) is 24.2 Å². The summed E-state index contributed by atoms with van der Waals surface area (Å²) in [4.78, 5) is 0. The summed E-state index contributed by atoms with van der Waals surface area (Å²) in [5, 5.41) is 0. The number of anilines is 1. The Balaban J connectivity index is 2.90. The average Bonchev–Trinajstić information content (AvgIpc) is 1.93. The van der Waals surface area contributed by atoms with Gasteiger partial charge in [0.25, 0.3) is 0 Å². The van der Waals surface area contributed by atoms with E-state index < -0.39 is 7.04 Å². The molecule has 9 heavy (non-hydrogen) atoms. The summed E-state index contributed by atoms with van der Waals surface area (Å²) in [5.74, 6) is 0.00852. The molecule has 1 aromatic rings. The zero-order chi connectivity index (χ0) is 10.1. The Bertz CT molecular complexity index is 310. The Kier molecular flexibility index (Phi) is 0.693. The fourth-order valence-electron chi connectivity index (χ4n) is 0.486. The topological polar surface area (TPSA) is 35.2 Å². The lowest BCUT2D eigenvalue weighted by molar-refractivity contribution is 0.415. The zero-order valence-corrected chi connectivity index (χ0v) is 4.72. The van der Waals surface area contributed by atoms with E-state index in [0.717, 1.165) is 0 Å². The third kappa shape index (κ3) is 1.35. The van der Waals surface area contributed by atoms with Gasteiger partial charge in [-0.25, -0.2) is 0 Å². The molecule has 0 spiro atoms. The minimum Gasteiger partial charge on any atom is -0.497 e. The van der Waals surface area contributed by atoms with Crippen LogP contribution in [0.25, 0.3) is 0 Å². The van der Waals surface area contributed by atoms with Crippen molar-refractivity contribution >= 4 is 5.69 Å². The minimum atomic E-state index is -2.52. The van der Waals surface area contributed by atoms with Gasteiger partial charge in [0.2, 0.25) is 0 Å². The second kappa shape index (κ2) is 2.40. The molecule has 2 N–H and O–H groups in total. The highest BCUT2D eigenvalue weighted by atomic mass is 16.5. The molecule has 0 saturated heterocycles.